The Kier molecular flexibility index (Phi) is 3.48. The van der Waals surface area contributed by atoms with Gasteiger partial charge in [-0.05, 0) is 41.6 Å². The van der Waals surface area contributed by atoms with Crippen LogP contribution in [0.2, 0.25) is 0 Å². The highest BCUT2D eigenvalue weighted by Gasteiger charge is 2.13. The number of benzene rings is 1. The van der Waals surface area contributed by atoms with Gasteiger partial charge in [-0.25, -0.2) is 4.98 Å². The number of aromatic nitrogens is 2. The molecule has 3 heterocycles. The molecule has 0 amide bonds. The molecule has 0 aliphatic heterocycles. The van der Waals surface area contributed by atoms with Gasteiger partial charge in [-0.2, -0.15) is 11.3 Å². The molecule has 0 aliphatic rings. The summed E-state index contributed by atoms with van der Waals surface area (Å²) in [5.41, 5.74) is 2.63. The lowest BCUT2D eigenvalue weighted by molar-refractivity contribution is 0.311. The second-order valence-corrected chi connectivity index (χ2v) is 6.37. The molecule has 0 unspecified atom stereocenters. The Bertz CT molecular complexity index is 1020. The van der Waals surface area contributed by atoms with Gasteiger partial charge in [0.2, 0.25) is 5.58 Å². The maximum absolute atomic E-state index is 12.3. The molecular weight excluding hydrogens is 310 g/mol. The maximum atomic E-state index is 12.3. The van der Waals surface area contributed by atoms with Crippen LogP contribution < -0.4 is 5.56 Å². The zero-order valence-corrected chi connectivity index (χ0v) is 13.4. The summed E-state index contributed by atoms with van der Waals surface area (Å²) < 4.78 is 5.61. The van der Waals surface area contributed by atoms with E-state index < -0.39 is 0 Å². The lowest BCUT2D eigenvalue weighted by Gasteiger charge is -2.14. The molecule has 1 N–H and O–H groups in total. The van der Waals surface area contributed by atoms with E-state index in [1.54, 1.807) is 11.3 Å². The van der Waals surface area contributed by atoms with Crippen LogP contribution in [-0.2, 0) is 13.1 Å². The Morgan fingerprint density at radius 2 is 2.13 bits per heavy atom. The summed E-state index contributed by atoms with van der Waals surface area (Å²) in [6, 6.07) is 9.67. The average molecular weight is 325 g/mol. The molecule has 0 spiro atoms. The quantitative estimate of drug-likeness (QED) is 0.625. The molecule has 5 nitrogen and oxygen atoms in total. The van der Waals surface area contributed by atoms with Gasteiger partial charge in [-0.15, -0.1) is 0 Å². The lowest BCUT2D eigenvalue weighted by atomic mass is 10.2. The monoisotopic (exact) mass is 325 g/mol. The maximum Gasteiger partial charge on any atom is 0.294 e. The van der Waals surface area contributed by atoms with E-state index in [-0.39, 0.29) is 11.1 Å². The highest BCUT2D eigenvalue weighted by Crippen LogP contribution is 2.24. The van der Waals surface area contributed by atoms with Crippen LogP contribution in [0.15, 0.2) is 50.3 Å². The number of furan rings is 1. The van der Waals surface area contributed by atoms with Gasteiger partial charge in [-0.3, -0.25) is 9.69 Å². The van der Waals surface area contributed by atoms with Crippen LogP contribution in [0, 0.1) is 0 Å². The Morgan fingerprint density at radius 1 is 1.26 bits per heavy atom. The van der Waals surface area contributed by atoms with Crippen LogP contribution in [-0.4, -0.2) is 21.9 Å². The predicted molar refractivity (Wildman–Crippen MR) is 91.6 cm³/mol. The van der Waals surface area contributed by atoms with E-state index in [1.165, 1.54) is 5.56 Å². The van der Waals surface area contributed by atoms with Crippen molar-refractivity contribution in [3.8, 4) is 0 Å². The fourth-order valence-corrected chi connectivity index (χ4v) is 3.39. The summed E-state index contributed by atoms with van der Waals surface area (Å²) in [7, 11) is 2.01. The van der Waals surface area contributed by atoms with Gasteiger partial charge in [0.05, 0.1) is 6.54 Å². The topological polar surface area (TPSA) is 62.1 Å². The van der Waals surface area contributed by atoms with Crippen molar-refractivity contribution in [2.45, 2.75) is 13.1 Å². The SMILES string of the molecule is CN(Cc1ccsc1)Cc1nc2c(oc3ccccc32)c(=O)[nH]1. The van der Waals surface area contributed by atoms with Crippen LogP contribution >= 0.6 is 11.3 Å². The molecule has 0 radical (unpaired) electrons. The van der Waals surface area contributed by atoms with E-state index in [4.69, 9.17) is 4.42 Å². The number of hydrogen-bond acceptors (Lipinski definition) is 5. The highest BCUT2D eigenvalue weighted by molar-refractivity contribution is 7.07. The number of hydrogen-bond donors (Lipinski definition) is 1. The molecule has 0 fully saturated rings. The molecule has 0 aliphatic carbocycles. The molecule has 3 aromatic heterocycles. The summed E-state index contributed by atoms with van der Waals surface area (Å²) in [6.07, 6.45) is 0. The fraction of sp³-hybridized carbons (Fsp3) is 0.176. The fourth-order valence-electron chi connectivity index (χ4n) is 2.73. The van der Waals surface area contributed by atoms with Gasteiger partial charge in [0.15, 0.2) is 0 Å². The third-order valence-corrected chi connectivity index (χ3v) is 4.46. The van der Waals surface area contributed by atoms with Crippen LogP contribution in [0.25, 0.3) is 22.1 Å². The summed E-state index contributed by atoms with van der Waals surface area (Å²) >= 11 is 1.68. The standard InChI is InChI=1S/C17H15N3O2S/c1-20(8-11-6-7-23-10-11)9-14-18-15-12-4-2-3-5-13(12)22-16(15)17(21)19-14/h2-7,10H,8-9H2,1H3,(H,18,19,21). The third kappa shape index (κ3) is 2.67. The van der Waals surface area contributed by atoms with Gasteiger partial charge in [-0.1, -0.05) is 12.1 Å². The summed E-state index contributed by atoms with van der Waals surface area (Å²) in [5, 5.41) is 5.06. The first-order valence-corrected chi connectivity index (χ1v) is 8.25. The van der Waals surface area contributed by atoms with Crippen molar-refractivity contribution in [3.63, 3.8) is 0 Å². The number of rotatable bonds is 4. The number of aromatic amines is 1. The van der Waals surface area contributed by atoms with Crippen LogP contribution in [0.4, 0.5) is 0 Å². The molecule has 4 aromatic rings. The lowest BCUT2D eigenvalue weighted by Crippen LogP contribution is -2.21. The van der Waals surface area contributed by atoms with Crippen molar-refractivity contribution in [2.24, 2.45) is 0 Å². The van der Waals surface area contributed by atoms with E-state index in [0.29, 0.717) is 23.5 Å². The zero-order valence-electron chi connectivity index (χ0n) is 12.6. The summed E-state index contributed by atoms with van der Waals surface area (Å²) in [6.45, 7) is 1.39. The van der Waals surface area contributed by atoms with Crippen molar-refractivity contribution in [2.75, 3.05) is 7.05 Å². The molecule has 0 atom stereocenters. The minimum absolute atomic E-state index is 0.231. The minimum Gasteiger partial charge on any atom is -0.449 e. The van der Waals surface area contributed by atoms with Gasteiger partial charge in [0.25, 0.3) is 5.56 Å². The number of para-hydroxylation sites is 1. The molecular formula is C17H15N3O2S. The largest absolute Gasteiger partial charge is 0.449 e. The van der Waals surface area contributed by atoms with Crippen LogP contribution in [0.5, 0.6) is 0 Å². The van der Waals surface area contributed by atoms with E-state index >= 15 is 0 Å². The zero-order chi connectivity index (χ0) is 15.8. The van der Waals surface area contributed by atoms with Crippen molar-refractivity contribution in [3.05, 3.63) is 62.8 Å². The highest BCUT2D eigenvalue weighted by atomic mass is 32.1. The molecule has 116 valence electrons. The van der Waals surface area contributed by atoms with E-state index in [9.17, 15) is 4.79 Å². The Morgan fingerprint density at radius 3 is 2.96 bits per heavy atom. The first kappa shape index (κ1) is 14.2. The molecule has 0 saturated carbocycles. The molecule has 23 heavy (non-hydrogen) atoms. The summed E-state index contributed by atoms with van der Waals surface area (Å²) in [4.78, 5) is 21.8. The third-order valence-electron chi connectivity index (χ3n) is 3.73. The van der Waals surface area contributed by atoms with Crippen LogP contribution in [0.3, 0.4) is 0 Å². The number of H-pyrrole nitrogens is 1. The second kappa shape index (κ2) is 5.64. The van der Waals surface area contributed by atoms with E-state index in [0.717, 1.165) is 11.9 Å². The van der Waals surface area contributed by atoms with Gasteiger partial charge in [0.1, 0.15) is 16.9 Å². The predicted octanol–water partition coefficient (Wildman–Crippen LogP) is 3.36. The summed E-state index contributed by atoms with van der Waals surface area (Å²) in [5.74, 6) is 0.645. The van der Waals surface area contributed by atoms with Crippen molar-refractivity contribution < 1.29 is 4.42 Å². The Labute approximate surface area is 136 Å². The van der Waals surface area contributed by atoms with Gasteiger partial charge >= 0.3 is 0 Å². The van der Waals surface area contributed by atoms with Gasteiger partial charge < -0.3 is 9.40 Å². The van der Waals surface area contributed by atoms with E-state index in [2.05, 4.69) is 31.7 Å². The number of nitrogens with zero attached hydrogens (tertiary/aromatic N) is 2. The normalized spacial score (nSPS) is 11.7. The minimum atomic E-state index is -0.231. The van der Waals surface area contributed by atoms with Crippen molar-refractivity contribution in [1.29, 1.82) is 0 Å². The molecule has 1 aromatic carbocycles. The first-order chi connectivity index (χ1) is 11.2. The van der Waals surface area contributed by atoms with Crippen LogP contribution in [0.1, 0.15) is 11.4 Å². The number of nitrogens with one attached hydrogen (secondary N) is 1. The molecule has 0 saturated heterocycles. The average Bonchev–Trinajstić information content (AvgIpc) is 3.15. The molecule has 0 bridgehead atoms. The van der Waals surface area contributed by atoms with Gasteiger partial charge in [0, 0.05) is 11.9 Å². The second-order valence-electron chi connectivity index (χ2n) is 5.59. The molecule has 6 heteroatoms. The number of thiophene rings is 1. The molecule has 4 rings (SSSR count). The Balaban J connectivity index is 1.70. The van der Waals surface area contributed by atoms with Crippen molar-refractivity contribution >= 4 is 33.4 Å². The van der Waals surface area contributed by atoms with E-state index in [1.807, 2.05) is 31.3 Å². The Hall–Kier alpha value is -2.44. The smallest absolute Gasteiger partial charge is 0.294 e. The van der Waals surface area contributed by atoms with Crippen molar-refractivity contribution in [1.82, 2.24) is 14.9 Å². The first-order valence-electron chi connectivity index (χ1n) is 7.31. The number of fused-ring (bicyclic) bond motifs is 3.